The maximum Gasteiger partial charge on any atom is 0.246 e. The van der Waals surface area contributed by atoms with Crippen molar-refractivity contribution in [3.63, 3.8) is 0 Å². The number of carbonyl (C=O) groups excluding carboxylic acids is 3. The molecule has 8 heteroatoms. The van der Waals surface area contributed by atoms with Crippen LogP contribution in [0.1, 0.15) is 53.4 Å². The van der Waals surface area contributed by atoms with E-state index in [0.717, 1.165) is 12.8 Å². The van der Waals surface area contributed by atoms with Crippen molar-refractivity contribution in [1.82, 2.24) is 10.2 Å². The van der Waals surface area contributed by atoms with Gasteiger partial charge < -0.3 is 25.4 Å². The SMILES string of the molecule is CCCC(C)NC(=O)C1N([C@@H](CO)C(C)C)C(=O)[C@@H]2[C@@H](C(=O)Nc3ccccc3)[C@H]3CCC12O3. The lowest BCUT2D eigenvalue weighted by atomic mass is 9.70. The van der Waals surface area contributed by atoms with E-state index in [9.17, 15) is 19.5 Å². The van der Waals surface area contributed by atoms with Crippen molar-refractivity contribution in [3.05, 3.63) is 30.3 Å². The van der Waals surface area contributed by atoms with Gasteiger partial charge in [0.15, 0.2) is 0 Å². The van der Waals surface area contributed by atoms with Crippen LogP contribution in [0.3, 0.4) is 0 Å². The van der Waals surface area contributed by atoms with Gasteiger partial charge in [0.1, 0.15) is 11.6 Å². The fourth-order valence-electron chi connectivity index (χ4n) is 6.24. The van der Waals surface area contributed by atoms with Crippen LogP contribution >= 0.6 is 0 Å². The summed E-state index contributed by atoms with van der Waals surface area (Å²) < 4.78 is 6.44. The average Bonchev–Trinajstić information content (AvgIpc) is 3.43. The van der Waals surface area contributed by atoms with Crippen molar-refractivity contribution in [2.75, 3.05) is 11.9 Å². The summed E-state index contributed by atoms with van der Waals surface area (Å²) in [5.74, 6) is -2.30. The fraction of sp³-hybridized carbons (Fsp3) is 0.654. The van der Waals surface area contributed by atoms with Crippen LogP contribution in [-0.4, -0.2) is 64.2 Å². The maximum atomic E-state index is 13.9. The summed E-state index contributed by atoms with van der Waals surface area (Å²) >= 11 is 0. The lowest BCUT2D eigenvalue weighted by Gasteiger charge is -2.38. The van der Waals surface area contributed by atoms with Crippen LogP contribution in [0.5, 0.6) is 0 Å². The number of carbonyl (C=O) groups is 3. The second kappa shape index (κ2) is 9.66. The molecule has 4 rings (SSSR count). The summed E-state index contributed by atoms with van der Waals surface area (Å²) in [4.78, 5) is 42.5. The van der Waals surface area contributed by atoms with Crippen molar-refractivity contribution < 1.29 is 24.2 Å². The number of aliphatic hydroxyl groups is 1. The number of nitrogens with one attached hydrogen (secondary N) is 2. The van der Waals surface area contributed by atoms with Gasteiger partial charge in [-0.3, -0.25) is 14.4 Å². The number of nitrogens with zero attached hydrogens (tertiary/aromatic N) is 1. The van der Waals surface area contributed by atoms with Crippen LogP contribution in [0.15, 0.2) is 30.3 Å². The van der Waals surface area contributed by atoms with Crippen LogP contribution in [0.4, 0.5) is 5.69 Å². The lowest BCUT2D eigenvalue weighted by Crippen LogP contribution is -2.59. The Labute approximate surface area is 201 Å². The van der Waals surface area contributed by atoms with Gasteiger partial charge in [0.2, 0.25) is 17.7 Å². The number of amides is 3. The summed E-state index contributed by atoms with van der Waals surface area (Å²) in [6.45, 7) is 7.59. The Morgan fingerprint density at radius 3 is 2.53 bits per heavy atom. The number of hydrogen-bond acceptors (Lipinski definition) is 5. The van der Waals surface area contributed by atoms with E-state index in [1.165, 1.54) is 4.90 Å². The number of hydrogen-bond donors (Lipinski definition) is 3. The minimum atomic E-state index is -1.06. The smallest absolute Gasteiger partial charge is 0.246 e. The van der Waals surface area contributed by atoms with E-state index in [1.807, 2.05) is 39.0 Å². The molecule has 34 heavy (non-hydrogen) atoms. The predicted octanol–water partition coefficient (Wildman–Crippen LogP) is 2.32. The first kappa shape index (κ1) is 24.7. The van der Waals surface area contributed by atoms with E-state index >= 15 is 0 Å². The Kier molecular flexibility index (Phi) is 7.01. The number of fused-ring (bicyclic) bond motifs is 1. The van der Waals surface area contributed by atoms with Crippen LogP contribution < -0.4 is 10.6 Å². The third kappa shape index (κ3) is 4.01. The van der Waals surface area contributed by atoms with Crippen molar-refractivity contribution >= 4 is 23.4 Å². The zero-order chi connectivity index (χ0) is 24.6. The number of benzene rings is 1. The molecule has 186 valence electrons. The highest BCUT2D eigenvalue weighted by Crippen LogP contribution is 2.59. The molecule has 3 aliphatic rings. The molecule has 3 heterocycles. The Bertz CT molecular complexity index is 922. The highest BCUT2D eigenvalue weighted by molar-refractivity contribution is 6.02. The number of aliphatic hydroxyl groups excluding tert-OH is 1. The molecule has 7 atom stereocenters. The minimum absolute atomic E-state index is 0.0488. The highest BCUT2D eigenvalue weighted by Gasteiger charge is 2.75. The van der Waals surface area contributed by atoms with Crippen molar-refractivity contribution in [1.29, 1.82) is 0 Å². The maximum absolute atomic E-state index is 13.9. The van der Waals surface area contributed by atoms with Gasteiger partial charge in [0, 0.05) is 11.7 Å². The molecular formula is C26H37N3O5. The molecule has 0 radical (unpaired) electrons. The standard InChI is InChI=1S/C26H37N3O5/c1-5-9-16(4)27-24(32)22-26-13-12-19(34-26)20(23(31)28-17-10-7-6-8-11-17)21(26)25(33)29(22)18(14-30)15(2)3/h6-8,10-11,15-16,18-22,30H,5,9,12-14H2,1-4H3,(H,27,32)(H,28,31)/t16?,18-,19+,20-,21-,22?,26?/m0/s1. The van der Waals surface area contributed by atoms with Gasteiger partial charge in [-0.15, -0.1) is 0 Å². The van der Waals surface area contributed by atoms with Gasteiger partial charge in [-0.1, -0.05) is 45.4 Å². The van der Waals surface area contributed by atoms with Crippen LogP contribution in [0.25, 0.3) is 0 Å². The number of ether oxygens (including phenoxy) is 1. The zero-order valence-corrected chi connectivity index (χ0v) is 20.5. The highest BCUT2D eigenvalue weighted by atomic mass is 16.5. The van der Waals surface area contributed by atoms with Crippen LogP contribution in [-0.2, 0) is 19.1 Å². The molecule has 3 fully saturated rings. The number of anilines is 1. The van der Waals surface area contributed by atoms with Gasteiger partial charge in [0.25, 0.3) is 0 Å². The molecule has 0 aliphatic carbocycles. The summed E-state index contributed by atoms with van der Waals surface area (Å²) in [5, 5.41) is 16.2. The Hall–Kier alpha value is -2.45. The number of rotatable bonds is 9. The Morgan fingerprint density at radius 2 is 1.91 bits per heavy atom. The average molecular weight is 472 g/mol. The molecule has 1 aromatic rings. The first-order valence-electron chi connectivity index (χ1n) is 12.5. The zero-order valence-electron chi connectivity index (χ0n) is 20.5. The second-order valence-corrected chi connectivity index (χ2v) is 10.3. The normalized spacial score (nSPS) is 31.5. The molecule has 8 nitrogen and oxygen atoms in total. The van der Waals surface area contributed by atoms with E-state index in [0.29, 0.717) is 18.5 Å². The van der Waals surface area contributed by atoms with Gasteiger partial charge in [0.05, 0.1) is 30.6 Å². The van der Waals surface area contributed by atoms with E-state index in [1.54, 1.807) is 12.1 Å². The molecule has 1 aromatic carbocycles. The Balaban J connectivity index is 1.69. The summed E-state index contributed by atoms with van der Waals surface area (Å²) in [5.41, 5.74) is -0.400. The molecular weight excluding hydrogens is 434 g/mol. The van der Waals surface area contributed by atoms with Gasteiger partial charge in [-0.2, -0.15) is 0 Å². The Morgan fingerprint density at radius 1 is 1.21 bits per heavy atom. The molecule has 3 unspecified atom stereocenters. The molecule has 0 saturated carbocycles. The van der Waals surface area contributed by atoms with E-state index in [-0.39, 0.29) is 36.3 Å². The van der Waals surface area contributed by atoms with E-state index in [2.05, 4.69) is 17.6 Å². The van der Waals surface area contributed by atoms with Crippen molar-refractivity contribution in [2.24, 2.45) is 17.8 Å². The topological polar surface area (TPSA) is 108 Å². The first-order chi connectivity index (χ1) is 16.2. The number of para-hydroxylation sites is 1. The first-order valence-corrected chi connectivity index (χ1v) is 12.5. The molecule has 2 bridgehead atoms. The molecule has 1 spiro atoms. The monoisotopic (exact) mass is 471 g/mol. The van der Waals surface area contributed by atoms with Gasteiger partial charge >= 0.3 is 0 Å². The summed E-state index contributed by atoms with van der Waals surface area (Å²) in [7, 11) is 0. The summed E-state index contributed by atoms with van der Waals surface area (Å²) in [6, 6.07) is 7.69. The molecule has 0 aromatic heterocycles. The second-order valence-electron chi connectivity index (χ2n) is 10.3. The third-order valence-corrected chi connectivity index (χ3v) is 7.75. The van der Waals surface area contributed by atoms with Gasteiger partial charge in [-0.05, 0) is 44.2 Å². The fourth-order valence-corrected chi connectivity index (χ4v) is 6.24. The molecule has 3 saturated heterocycles. The van der Waals surface area contributed by atoms with E-state index in [4.69, 9.17) is 4.74 Å². The van der Waals surface area contributed by atoms with Gasteiger partial charge in [-0.25, -0.2) is 0 Å². The van der Waals surface area contributed by atoms with Crippen molar-refractivity contribution in [2.45, 2.75) is 83.2 Å². The van der Waals surface area contributed by atoms with Crippen molar-refractivity contribution in [3.8, 4) is 0 Å². The molecule has 3 N–H and O–H groups in total. The lowest BCUT2D eigenvalue weighted by molar-refractivity contribution is -0.146. The number of likely N-dealkylation sites (tertiary alicyclic amines) is 1. The van der Waals surface area contributed by atoms with E-state index < -0.39 is 35.6 Å². The predicted molar refractivity (Wildman–Crippen MR) is 128 cm³/mol. The van der Waals surface area contributed by atoms with Crippen LogP contribution in [0.2, 0.25) is 0 Å². The quantitative estimate of drug-likeness (QED) is 0.512. The minimum Gasteiger partial charge on any atom is -0.394 e. The van der Waals surface area contributed by atoms with Crippen LogP contribution in [0, 0.1) is 17.8 Å². The largest absolute Gasteiger partial charge is 0.394 e. The molecule has 3 amide bonds. The summed E-state index contributed by atoms with van der Waals surface area (Å²) in [6.07, 6.45) is 2.49. The third-order valence-electron chi connectivity index (χ3n) is 7.75. The molecule has 3 aliphatic heterocycles.